The molecule has 4 aliphatic carbocycles. The van der Waals surface area contributed by atoms with Gasteiger partial charge in [0.15, 0.2) is 78.5 Å². The number of anilines is 1. The number of hydrogen-bond donors (Lipinski definition) is 4. The van der Waals surface area contributed by atoms with Crippen molar-refractivity contribution in [2.45, 2.75) is 175 Å². The Morgan fingerprint density at radius 3 is 1.61 bits per heavy atom. The molecule has 6 aromatic rings. The number of nitrogens with one attached hydrogen (secondary N) is 1. The van der Waals surface area contributed by atoms with Crippen molar-refractivity contribution >= 4 is 63.3 Å². The smallest absolute Gasteiger partial charge is 0.191 e. The second-order valence-electron chi connectivity index (χ2n) is 21.2. The molecule has 0 unspecified atom stereocenters. The van der Waals surface area contributed by atoms with Crippen LogP contribution in [0.25, 0.3) is 22.3 Å². The fraction of sp³-hybridized carbons (Fsp3) is 0.615. The average Bonchev–Trinajstić information content (AvgIpc) is 4.03. The standard InChI is InChI=1S/C26H32F2N6O4S.C17H24ClN5O4S.C9H9F2N/c1-4-9-39-25-30-23(29-17-11-14(17)13-5-6-15(27)16(28)10-13)20-24(31-25)34(33-32-20)18-12-19(36-8-7-35)22-21(18)37-26(2,3)38-22;1-4-7-28-16-19-14(18)11-15(20-16)23(22-21-11)9-8-10(25-6-5-24)13-12(9)26-17(2,3)27-13;10-7-2-1-5(3-8(7)11)6-4-9(6)12/h5-6,10,14,17-19,21-22,35H,4,7-9,11-12H2,1-3H3,(H,29,30,31);9-10,12-13,24H,4-8H2,1-3H3;1-3,6,9H,4,12H2/t14-,17+,18+,19-,21-,22+;9-,10+,12+,13-;6-,9+/m010/s1. The second-order valence-corrected chi connectivity index (χ2v) is 23.7. The van der Waals surface area contributed by atoms with Crippen molar-refractivity contribution < 1.29 is 56.2 Å². The van der Waals surface area contributed by atoms with Crippen LogP contribution in [0.5, 0.6) is 0 Å². The molecular weight excluding hydrogens is 1100 g/mol. The fourth-order valence-corrected chi connectivity index (χ4v) is 12.3. The Kier molecular flexibility index (Phi) is 17.7. The molecule has 12 atom stereocenters. The molecule has 0 bridgehead atoms. The lowest BCUT2D eigenvalue weighted by molar-refractivity contribution is -0.171. The minimum absolute atomic E-state index is 0.00150. The fourth-order valence-electron chi connectivity index (χ4n) is 10.7. The maximum absolute atomic E-state index is 13.8. The number of aromatic nitrogens is 10. The lowest BCUT2D eigenvalue weighted by atomic mass is 10.1. The van der Waals surface area contributed by atoms with E-state index in [1.165, 1.54) is 12.1 Å². The number of rotatable bonds is 18. The van der Waals surface area contributed by atoms with E-state index in [1.54, 1.807) is 45.0 Å². The number of ether oxygens (including phenoxy) is 6. The van der Waals surface area contributed by atoms with Crippen molar-refractivity contribution in [2.75, 3.05) is 43.3 Å². The molecule has 79 heavy (non-hydrogen) atoms. The summed E-state index contributed by atoms with van der Waals surface area (Å²) in [5.74, 6) is -2.20. The van der Waals surface area contributed by atoms with Gasteiger partial charge in [0, 0.05) is 48.3 Å². The molecule has 2 aliphatic heterocycles. The van der Waals surface area contributed by atoms with Gasteiger partial charge in [-0.2, -0.15) is 0 Å². The molecule has 6 fully saturated rings. The van der Waals surface area contributed by atoms with Gasteiger partial charge in [0.25, 0.3) is 0 Å². The summed E-state index contributed by atoms with van der Waals surface area (Å²) in [6.07, 6.45) is 3.16. The Labute approximate surface area is 466 Å². The predicted octanol–water partition coefficient (Wildman–Crippen LogP) is 7.81. The van der Waals surface area contributed by atoms with E-state index in [4.69, 9.17) is 60.8 Å². The van der Waals surface area contributed by atoms with E-state index in [0.29, 0.717) is 56.5 Å². The van der Waals surface area contributed by atoms with Gasteiger partial charge in [-0.25, -0.2) is 46.9 Å². The molecule has 20 nitrogen and oxygen atoms in total. The van der Waals surface area contributed by atoms with Crippen molar-refractivity contribution in [2.24, 2.45) is 5.73 Å². The molecule has 6 aliphatic rings. The van der Waals surface area contributed by atoms with Crippen molar-refractivity contribution in [3.05, 3.63) is 75.9 Å². The average molecular weight is 1160 g/mol. The van der Waals surface area contributed by atoms with Crippen molar-refractivity contribution in [3.8, 4) is 0 Å². The lowest BCUT2D eigenvalue weighted by Gasteiger charge is -2.23. The topological polar surface area (TPSA) is 247 Å². The van der Waals surface area contributed by atoms with Gasteiger partial charge in [-0.15, -0.1) is 10.2 Å². The van der Waals surface area contributed by atoms with Crippen LogP contribution in [0.15, 0.2) is 46.7 Å². The van der Waals surface area contributed by atoms with E-state index in [-0.39, 0.29) is 99.1 Å². The molecule has 6 heterocycles. The van der Waals surface area contributed by atoms with Gasteiger partial charge in [0.05, 0.1) is 50.7 Å². The van der Waals surface area contributed by atoms with Gasteiger partial charge in [0.1, 0.15) is 24.4 Å². The molecular formula is C52H65ClF4N12O8S2. The number of benzene rings is 2. The molecule has 27 heteroatoms. The molecule has 2 aromatic carbocycles. The summed E-state index contributed by atoms with van der Waals surface area (Å²) in [6.45, 7) is 12.0. The van der Waals surface area contributed by atoms with Gasteiger partial charge in [-0.1, -0.05) is 71.5 Å². The molecule has 2 saturated heterocycles. The highest BCUT2D eigenvalue weighted by atomic mass is 35.5. The summed E-state index contributed by atoms with van der Waals surface area (Å²) in [7, 11) is 0. The number of nitrogens with zero attached hydrogens (tertiary/aromatic N) is 10. The van der Waals surface area contributed by atoms with E-state index in [0.717, 1.165) is 60.4 Å². The van der Waals surface area contributed by atoms with Crippen LogP contribution < -0.4 is 11.1 Å². The summed E-state index contributed by atoms with van der Waals surface area (Å²) in [4.78, 5) is 18.5. The zero-order valence-corrected chi connectivity index (χ0v) is 46.9. The third-order valence-corrected chi connectivity index (χ3v) is 16.7. The SMILES string of the molecule is CCCSc1nc(Cl)c2nnn([C@@H]3C[C@H](OCCO)[C@H]4OC(C)(C)O[C@H]43)c2n1.CCCSc1nc(N[C@@H]2C[C@H]2c2ccc(F)c(F)c2)c2nnn([C@@H]3C[C@H](OCCO)[C@H]4OC(C)(C)O[C@H]43)c2n1.N[C@@H]1C[C@H]1c1ccc(F)c(F)c1. The summed E-state index contributed by atoms with van der Waals surface area (Å²) in [6, 6.07) is 7.73. The number of aliphatic hydroxyl groups is 2. The zero-order chi connectivity index (χ0) is 55.9. The molecule has 5 N–H and O–H groups in total. The van der Waals surface area contributed by atoms with Crippen molar-refractivity contribution in [1.82, 2.24) is 49.9 Å². The van der Waals surface area contributed by atoms with E-state index in [9.17, 15) is 22.7 Å². The molecule has 428 valence electrons. The summed E-state index contributed by atoms with van der Waals surface area (Å²) < 4.78 is 92.3. The zero-order valence-electron chi connectivity index (χ0n) is 44.5. The third kappa shape index (κ3) is 12.8. The van der Waals surface area contributed by atoms with Gasteiger partial charge < -0.3 is 49.7 Å². The first kappa shape index (κ1) is 57.8. The number of halogens is 5. The van der Waals surface area contributed by atoms with Gasteiger partial charge in [-0.3, -0.25) is 0 Å². The maximum atomic E-state index is 13.8. The van der Waals surface area contributed by atoms with Crippen LogP contribution in [-0.2, 0) is 28.4 Å². The van der Waals surface area contributed by atoms with E-state index in [2.05, 4.69) is 49.8 Å². The Hall–Kier alpha value is -4.45. The first-order chi connectivity index (χ1) is 37.9. The summed E-state index contributed by atoms with van der Waals surface area (Å²) in [5, 5.41) is 40.8. The highest BCUT2D eigenvalue weighted by Gasteiger charge is 2.57. The van der Waals surface area contributed by atoms with Crippen LogP contribution in [0.4, 0.5) is 23.4 Å². The molecule has 0 radical (unpaired) electrons. The van der Waals surface area contributed by atoms with Gasteiger partial charge >= 0.3 is 0 Å². The van der Waals surface area contributed by atoms with Crippen molar-refractivity contribution in [1.29, 1.82) is 0 Å². The first-order valence-electron chi connectivity index (χ1n) is 26.6. The third-order valence-electron chi connectivity index (χ3n) is 14.4. The molecule has 4 saturated carbocycles. The molecule has 4 aromatic heterocycles. The number of hydrogen-bond acceptors (Lipinski definition) is 20. The van der Waals surface area contributed by atoms with Crippen LogP contribution in [0.1, 0.15) is 115 Å². The number of nitrogens with two attached hydrogens (primary N) is 1. The minimum atomic E-state index is -0.853. The molecule has 0 amide bonds. The quantitative estimate of drug-likeness (QED) is 0.0277. The first-order valence-corrected chi connectivity index (χ1v) is 29.0. The molecule has 12 rings (SSSR count). The second kappa shape index (κ2) is 24.2. The minimum Gasteiger partial charge on any atom is -0.394 e. The van der Waals surface area contributed by atoms with Crippen LogP contribution >= 0.6 is 35.1 Å². The van der Waals surface area contributed by atoms with Crippen LogP contribution in [0.3, 0.4) is 0 Å². The maximum Gasteiger partial charge on any atom is 0.191 e. The highest BCUT2D eigenvalue weighted by Crippen LogP contribution is 2.48. The van der Waals surface area contributed by atoms with Crippen LogP contribution in [0.2, 0.25) is 5.15 Å². The molecule has 0 spiro atoms. The van der Waals surface area contributed by atoms with Crippen LogP contribution in [-0.4, -0.2) is 158 Å². The Balaban J connectivity index is 0.000000152. The highest BCUT2D eigenvalue weighted by molar-refractivity contribution is 7.99. The normalized spacial score (nSPS) is 28.8. The lowest BCUT2D eigenvalue weighted by Crippen LogP contribution is -2.31. The largest absolute Gasteiger partial charge is 0.394 e. The number of fused-ring (bicyclic) bond motifs is 4. The Bertz CT molecular complexity index is 3120. The monoisotopic (exact) mass is 1160 g/mol. The number of thioether (sulfide) groups is 2. The van der Waals surface area contributed by atoms with E-state index >= 15 is 0 Å². The Morgan fingerprint density at radius 2 is 1.13 bits per heavy atom. The van der Waals surface area contributed by atoms with Gasteiger partial charge in [0.2, 0.25) is 0 Å². The Morgan fingerprint density at radius 1 is 0.658 bits per heavy atom. The van der Waals surface area contributed by atoms with E-state index in [1.807, 2.05) is 27.7 Å². The number of aliphatic hydroxyl groups excluding tert-OH is 2. The van der Waals surface area contributed by atoms with Crippen molar-refractivity contribution in [3.63, 3.8) is 0 Å². The summed E-state index contributed by atoms with van der Waals surface area (Å²) >= 11 is 9.43. The summed E-state index contributed by atoms with van der Waals surface area (Å²) in [5.41, 5.74) is 9.28. The van der Waals surface area contributed by atoms with Crippen LogP contribution in [0, 0.1) is 23.3 Å². The predicted molar refractivity (Wildman–Crippen MR) is 285 cm³/mol. The van der Waals surface area contributed by atoms with Gasteiger partial charge in [-0.05, 0) is 88.8 Å². The van der Waals surface area contributed by atoms with E-state index < -0.39 is 34.8 Å².